The molecule has 1 aromatic heterocycles. The molecule has 0 radical (unpaired) electrons. The number of esters is 1. The van der Waals surface area contributed by atoms with Gasteiger partial charge in [0.25, 0.3) is 5.91 Å². The van der Waals surface area contributed by atoms with Crippen LogP contribution in [0.1, 0.15) is 27.7 Å². The molecule has 0 fully saturated rings. The van der Waals surface area contributed by atoms with Crippen LogP contribution in [0.15, 0.2) is 60.7 Å². The van der Waals surface area contributed by atoms with Gasteiger partial charge in [-0.15, -0.1) is 11.3 Å². The largest absolute Gasteiger partial charge is 0.488 e. The van der Waals surface area contributed by atoms with Crippen molar-refractivity contribution in [3.8, 4) is 16.2 Å². The second kappa shape index (κ2) is 8.49. The van der Waals surface area contributed by atoms with Gasteiger partial charge < -0.3 is 14.8 Å². The van der Waals surface area contributed by atoms with Gasteiger partial charge in [-0.3, -0.25) is 4.79 Å². The van der Waals surface area contributed by atoms with Crippen LogP contribution in [0.3, 0.4) is 0 Å². The van der Waals surface area contributed by atoms with Crippen LogP contribution in [0.4, 0.5) is 0 Å². The fraction of sp³-hybridized carbons (Fsp3) is 0.217. The lowest BCUT2D eigenvalue weighted by atomic mass is 10.1. The molecule has 1 N–H and O–H groups in total. The molecule has 1 aliphatic heterocycles. The Labute approximate surface area is 173 Å². The van der Waals surface area contributed by atoms with Crippen molar-refractivity contribution in [2.75, 3.05) is 6.54 Å². The van der Waals surface area contributed by atoms with Crippen LogP contribution in [0.2, 0.25) is 0 Å². The Morgan fingerprint density at radius 3 is 2.72 bits per heavy atom. The Morgan fingerprint density at radius 1 is 1.14 bits per heavy atom. The van der Waals surface area contributed by atoms with Crippen molar-refractivity contribution >= 4 is 23.2 Å². The van der Waals surface area contributed by atoms with E-state index in [0.29, 0.717) is 18.0 Å². The third kappa shape index (κ3) is 4.32. The molecule has 1 amide bonds. The first-order valence-electron chi connectivity index (χ1n) is 9.49. The molecule has 0 spiro atoms. The van der Waals surface area contributed by atoms with E-state index in [1.165, 1.54) is 11.3 Å². The van der Waals surface area contributed by atoms with E-state index in [1.807, 2.05) is 54.6 Å². The molecule has 0 saturated carbocycles. The van der Waals surface area contributed by atoms with Gasteiger partial charge in [0.15, 0.2) is 6.10 Å². The summed E-state index contributed by atoms with van der Waals surface area (Å²) >= 11 is 1.37. The number of hydrogen-bond acceptors (Lipinski definition) is 5. The van der Waals surface area contributed by atoms with Crippen molar-refractivity contribution in [3.63, 3.8) is 0 Å². The number of fused-ring (bicyclic) bond motifs is 3. The maximum absolute atomic E-state index is 12.6. The van der Waals surface area contributed by atoms with E-state index in [9.17, 15) is 9.59 Å². The Hall–Kier alpha value is -3.12. The molecule has 0 bridgehead atoms. The van der Waals surface area contributed by atoms with Crippen LogP contribution >= 0.6 is 11.3 Å². The van der Waals surface area contributed by atoms with E-state index < -0.39 is 12.1 Å². The molecule has 1 atom stereocenters. The topological polar surface area (TPSA) is 64.6 Å². The molecule has 2 heterocycles. The predicted molar refractivity (Wildman–Crippen MR) is 112 cm³/mol. The van der Waals surface area contributed by atoms with Crippen LogP contribution in [0, 0.1) is 0 Å². The summed E-state index contributed by atoms with van der Waals surface area (Å²) in [6.45, 7) is 2.50. The molecular formula is C23H21NO4S. The quantitative estimate of drug-likeness (QED) is 0.622. The summed E-state index contributed by atoms with van der Waals surface area (Å²) in [7, 11) is 0. The number of hydrogen-bond donors (Lipinski definition) is 1. The number of thiophene rings is 1. The molecule has 0 aliphatic carbocycles. The van der Waals surface area contributed by atoms with Crippen molar-refractivity contribution in [1.82, 2.24) is 5.32 Å². The molecule has 3 aromatic rings. The van der Waals surface area contributed by atoms with Gasteiger partial charge >= 0.3 is 5.97 Å². The van der Waals surface area contributed by atoms with Gasteiger partial charge in [-0.25, -0.2) is 4.79 Å². The maximum Gasteiger partial charge on any atom is 0.349 e. The maximum atomic E-state index is 12.6. The number of amides is 1. The van der Waals surface area contributed by atoms with Crippen molar-refractivity contribution in [2.24, 2.45) is 0 Å². The normalized spacial score (nSPS) is 12.9. The summed E-state index contributed by atoms with van der Waals surface area (Å²) in [4.78, 5) is 26.3. The van der Waals surface area contributed by atoms with Gasteiger partial charge in [0, 0.05) is 22.5 Å². The number of benzene rings is 2. The second-order valence-electron chi connectivity index (χ2n) is 6.82. The van der Waals surface area contributed by atoms with Crippen LogP contribution in [0.5, 0.6) is 5.75 Å². The molecule has 0 saturated heterocycles. The minimum Gasteiger partial charge on any atom is -0.488 e. The lowest BCUT2D eigenvalue weighted by molar-refractivity contribution is -0.129. The third-order valence-corrected chi connectivity index (χ3v) is 5.92. The van der Waals surface area contributed by atoms with Gasteiger partial charge in [0.1, 0.15) is 17.2 Å². The lowest BCUT2D eigenvalue weighted by Gasteiger charge is -2.16. The van der Waals surface area contributed by atoms with E-state index in [-0.39, 0.29) is 5.91 Å². The monoisotopic (exact) mass is 407 g/mol. The van der Waals surface area contributed by atoms with Crippen LogP contribution in [-0.2, 0) is 22.6 Å². The lowest BCUT2D eigenvalue weighted by Crippen LogP contribution is -2.36. The second-order valence-corrected chi connectivity index (χ2v) is 7.88. The highest BCUT2D eigenvalue weighted by atomic mass is 32.1. The molecular weight excluding hydrogens is 386 g/mol. The summed E-state index contributed by atoms with van der Waals surface area (Å²) in [5.41, 5.74) is 3.08. The van der Waals surface area contributed by atoms with Crippen molar-refractivity contribution in [1.29, 1.82) is 0 Å². The van der Waals surface area contributed by atoms with Gasteiger partial charge in [0.2, 0.25) is 0 Å². The zero-order chi connectivity index (χ0) is 20.2. The first-order valence-corrected chi connectivity index (χ1v) is 10.3. The molecule has 1 aliphatic rings. The smallest absolute Gasteiger partial charge is 0.349 e. The van der Waals surface area contributed by atoms with Gasteiger partial charge in [-0.05, 0) is 37.1 Å². The molecule has 148 valence electrons. The third-order valence-electron chi connectivity index (χ3n) is 4.73. The van der Waals surface area contributed by atoms with Crippen LogP contribution in [0.25, 0.3) is 10.4 Å². The number of carbonyl (C=O) groups is 2. The molecule has 2 aromatic carbocycles. The highest BCUT2D eigenvalue weighted by Gasteiger charge is 2.25. The first kappa shape index (κ1) is 19.2. The summed E-state index contributed by atoms with van der Waals surface area (Å²) < 4.78 is 11.1. The van der Waals surface area contributed by atoms with Gasteiger partial charge in [-0.2, -0.15) is 0 Å². The van der Waals surface area contributed by atoms with Crippen LogP contribution < -0.4 is 10.1 Å². The van der Waals surface area contributed by atoms with Gasteiger partial charge in [-0.1, -0.05) is 42.5 Å². The number of carbonyl (C=O) groups excluding carboxylic acids is 2. The highest BCUT2D eigenvalue weighted by Crippen LogP contribution is 2.42. The summed E-state index contributed by atoms with van der Waals surface area (Å²) in [5, 5.41) is 2.82. The van der Waals surface area contributed by atoms with Crippen LogP contribution in [-0.4, -0.2) is 24.5 Å². The molecule has 29 heavy (non-hydrogen) atoms. The standard InChI is InChI=1S/C23H21NO4S/c1-15(22(25)24-12-11-16-7-3-2-4-8-16)28-23(26)20-13-17-14-27-19-10-6-5-9-18(19)21(17)29-20/h2-10,13,15H,11-12,14H2,1H3,(H,24,25). The Balaban J connectivity index is 1.35. The Bertz CT molecular complexity index is 1030. The zero-order valence-corrected chi connectivity index (χ0v) is 16.8. The van der Waals surface area contributed by atoms with Gasteiger partial charge in [0.05, 0.1) is 0 Å². The average molecular weight is 407 g/mol. The SMILES string of the molecule is CC(OC(=O)c1cc2c(s1)-c1ccccc1OC2)C(=O)NCCc1ccccc1. The molecule has 1 unspecified atom stereocenters. The van der Waals surface area contributed by atoms with Crippen molar-refractivity contribution in [2.45, 2.75) is 26.1 Å². The summed E-state index contributed by atoms with van der Waals surface area (Å²) in [6, 6.07) is 19.4. The predicted octanol–water partition coefficient (Wildman–Crippen LogP) is 4.21. The zero-order valence-electron chi connectivity index (χ0n) is 16.0. The fourth-order valence-electron chi connectivity index (χ4n) is 3.19. The fourth-order valence-corrected chi connectivity index (χ4v) is 4.27. The van der Waals surface area contributed by atoms with E-state index in [2.05, 4.69) is 5.32 Å². The van der Waals surface area contributed by atoms with E-state index in [0.717, 1.165) is 33.7 Å². The minimum atomic E-state index is -0.860. The molecule has 6 heteroatoms. The minimum absolute atomic E-state index is 0.302. The number of rotatable bonds is 6. The molecule has 5 nitrogen and oxygen atoms in total. The van der Waals surface area contributed by atoms with E-state index >= 15 is 0 Å². The average Bonchev–Trinajstić information content (AvgIpc) is 3.19. The molecule has 4 rings (SSSR count). The number of nitrogens with one attached hydrogen (secondary N) is 1. The Morgan fingerprint density at radius 2 is 1.90 bits per heavy atom. The van der Waals surface area contributed by atoms with Crippen molar-refractivity contribution < 1.29 is 19.1 Å². The summed E-state index contributed by atoms with van der Waals surface area (Å²) in [5.74, 6) is 0.0183. The van der Waals surface area contributed by atoms with E-state index in [1.54, 1.807) is 13.0 Å². The first-order chi connectivity index (χ1) is 14.1. The van der Waals surface area contributed by atoms with E-state index in [4.69, 9.17) is 9.47 Å². The summed E-state index contributed by atoms with van der Waals surface area (Å²) in [6.07, 6.45) is -0.134. The highest BCUT2D eigenvalue weighted by molar-refractivity contribution is 7.17. The Kier molecular flexibility index (Phi) is 5.62. The van der Waals surface area contributed by atoms with Crippen molar-refractivity contribution in [3.05, 3.63) is 76.7 Å². The number of para-hydroxylation sites is 1. The number of ether oxygens (including phenoxy) is 2.